The number of nitrogens with one attached hydrogen (secondary N) is 2. The van der Waals surface area contributed by atoms with Gasteiger partial charge in [0.25, 0.3) is 5.91 Å². The van der Waals surface area contributed by atoms with Gasteiger partial charge in [-0.1, -0.05) is 24.3 Å². The predicted octanol–water partition coefficient (Wildman–Crippen LogP) is 3.15. The van der Waals surface area contributed by atoms with Crippen LogP contribution in [-0.2, 0) is 13.0 Å². The van der Waals surface area contributed by atoms with Crippen molar-refractivity contribution in [1.82, 2.24) is 25.1 Å². The highest BCUT2D eigenvalue weighted by atomic mass is 16.2. The Morgan fingerprint density at radius 2 is 2.00 bits per heavy atom. The molecule has 0 atom stereocenters. The van der Waals surface area contributed by atoms with Crippen molar-refractivity contribution in [1.29, 1.82) is 0 Å². The third kappa shape index (κ3) is 2.38. The molecule has 128 valence electrons. The zero-order valence-corrected chi connectivity index (χ0v) is 14.1. The van der Waals surface area contributed by atoms with Crippen LogP contribution in [0, 0.1) is 0 Å². The Balaban J connectivity index is 1.49. The summed E-state index contributed by atoms with van der Waals surface area (Å²) < 4.78 is 0. The number of pyridine rings is 1. The molecule has 1 amide bonds. The van der Waals surface area contributed by atoms with Gasteiger partial charge in [-0.05, 0) is 23.6 Å². The van der Waals surface area contributed by atoms with Gasteiger partial charge in [0.2, 0.25) is 0 Å². The molecule has 5 rings (SSSR count). The number of aromatic nitrogens is 4. The van der Waals surface area contributed by atoms with Gasteiger partial charge in [-0.25, -0.2) is 4.98 Å². The monoisotopic (exact) mass is 343 g/mol. The number of fused-ring (bicyclic) bond motifs is 2. The second-order valence-corrected chi connectivity index (χ2v) is 6.55. The molecule has 2 N–H and O–H groups in total. The molecule has 6 nitrogen and oxygen atoms in total. The summed E-state index contributed by atoms with van der Waals surface area (Å²) in [6, 6.07) is 10.2. The first-order valence-electron chi connectivity index (χ1n) is 8.62. The van der Waals surface area contributed by atoms with Crippen LogP contribution in [-0.4, -0.2) is 37.5 Å². The van der Waals surface area contributed by atoms with Crippen molar-refractivity contribution in [3.05, 3.63) is 71.8 Å². The van der Waals surface area contributed by atoms with E-state index in [2.05, 4.69) is 38.4 Å². The number of aromatic amines is 2. The van der Waals surface area contributed by atoms with E-state index in [9.17, 15) is 4.79 Å². The second kappa shape index (κ2) is 5.84. The largest absolute Gasteiger partial charge is 0.346 e. The molecule has 1 aliphatic rings. The summed E-state index contributed by atoms with van der Waals surface area (Å²) in [5.41, 5.74) is 5.89. The highest BCUT2D eigenvalue weighted by Crippen LogP contribution is 2.28. The molecule has 4 aromatic rings. The summed E-state index contributed by atoms with van der Waals surface area (Å²) in [6.07, 6.45) is 8.04. The predicted molar refractivity (Wildman–Crippen MR) is 98.6 cm³/mol. The van der Waals surface area contributed by atoms with Gasteiger partial charge < -0.3 is 9.88 Å². The smallest absolute Gasteiger partial charge is 0.255 e. The highest BCUT2D eigenvalue weighted by molar-refractivity contribution is 6.01. The molecule has 1 aromatic carbocycles. The molecule has 0 unspecified atom stereocenters. The average molecular weight is 343 g/mol. The van der Waals surface area contributed by atoms with Crippen LogP contribution in [0.15, 0.2) is 55.1 Å². The van der Waals surface area contributed by atoms with Gasteiger partial charge in [-0.15, -0.1) is 0 Å². The van der Waals surface area contributed by atoms with Crippen molar-refractivity contribution in [2.75, 3.05) is 6.54 Å². The second-order valence-electron chi connectivity index (χ2n) is 6.55. The van der Waals surface area contributed by atoms with E-state index in [1.54, 1.807) is 12.4 Å². The number of nitrogens with zero attached hydrogens (tertiary/aromatic N) is 3. The lowest BCUT2D eigenvalue weighted by Crippen LogP contribution is -2.35. The minimum atomic E-state index is 0.0215. The Labute approximate surface area is 149 Å². The maximum atomic E-state index is 13.0. The van der Waals surface area contributed by atoms with Crippen molar-refractivity contribution in [3.63, 3.8) is 0 Å². The van der Waals surface area contributed by atoms with Gasteiger partial charge in [-0.3, -0.25) is 9.89 Å². The van der Waals surface area contributed by atoms with E-state index in [0.717, 1.165) is 35.1 Å². The molecule has 1 aliphatic heterocycles. The SMILES string of the molecule is O=C(c1cnc2[nH]cc(-c3cn[nH]c3)c2c1)N1CCc2ccccc2C1. The van der Waals surface area contributed by atoms with Crippen molar-refractivity contribution in [3.8, 4) is 11.1 Å². The zero-order valence-electron chi connectivity index (χ0n) is 14.1. The number of amides is 1. The summed E-state index contributed by atoms with van der Waals surface area (Å²) in [6.45, 7) is 1.38. The lowest BCUT2D eigenvalue weighted by atomic mass is 9.99. The molecule has 26 heavy (non-hydrogen) atoms. The standard InChI is InChI=1S/C20H17N5O/c26-20(25-6-5-13-3-1-2-4-14(13)12-25)15-7-17-18(16-9-23-24-10-16)11-22-19(17)21-8-15/h1-4,7-11H,5-6,12H2,(H,21,22)(H,23,24). The zero-order chi connectivity index (χ0) is 17.5. The Hall–Kier alpha value is -3.41. The number of rotatable bonds is 2. The minimum absolute atomic E-state index is 0.0215. The van der Waals surface area contributed by atoms with Gasteiger partial charge in [0.1, 0.15) is 5.65 Å². The van der Waals surface area contributed by atoms with Gasteiger partial charge in [0, 0.05) is 48.2 Å². The molecule has 0 fully saturated rings. The molecule has 0 saturated heterocycles. The van der Waals surface area contributed by atoms with Crippen LogP contribution in [0.1, 0.15) is 21.5 Å². The van der Waals surface area contributed by atoms with Crippen molar-refractivity contribution in [2.45, 2.75) is 13.0 Å². The number of H-pyrrole nitrogens is 2. The topological polar surface area (TPSA) is 77.7 Å². The van der Waals surface area contributed by atoms with Crippen molar-refractivity contribution in [2.24, 2.45) is 0 Å². The Morgan fingerprint density at radius 3 is 2.85 bits per heavy atom. The van der Waals surface area contributed by atoms with E-state index in [1.165, 1.54) is 11.1 Å². The van der Waals surface area contributed by atoms with Gasteiger partial charge >= 0.3 is 0 Å². The van der Waals surface area contributed by atoms with E-state index in [4.69, 9.17) is 0 Å². The number of carbonyl (C=O) groups excluding carboxylic acids is 1. The van der Waals surface area contributed by atoms with Crippen LogP contribution in [0.4, 0.5) is 0 Å². The first kappa shape index (κ1) is 14.9. The number of hydrogen-bond donors (Lipinski definition) is 2. The van der Waals surface area contributed by atoms with E-state index >= 15 is 0 Å². The molecule has 4 heterocycles. The van der Waals surface area contributed by atoms with E-state index in [1.807, 2.05) is 29.4 Å². The van der Waals surface area contributed by atoms with Gasteiger partial charge in [-0.2, -0.15) is 5.10 Å². The lowest BCUT2D eigenvalue weighted by molar-refractivity contribution is 0.0734. The van der Waals surface area contributed by atoms with Gasteiger partial charge in [0.05, 0.1) is 11.8 Å². The summed E-state index contributed by atoms with van der Waals surface area (Å²) in [5, 5.41) is 7.75. The molecule has 0 radical (unpaired) electrons. The normalized spacial score (nSPS) is 13.8. The number of hydrogen-bond acceptors (Lipinski definition) is 3. The third-order valence-electron chi connectivity index (χ3n) is 5.01. The molecule has 0 aliphatic carbocycles. The van der Waals surface area contributed by atoms with Crippen LogP contribution in [0.25, 0.3) is 22.2 Å². The first-order valence-corrected chi connectivity index (χ1v) is 8.62. The maximum Gasteiger partial charge on any atom is 0.255 e. The minimum Gasteiger partial charge on any atom is -0.346 e. The molecule has 3 aromatic heterocycles. The molecular formula is C20H17N5O. The van der Waals surface area contributed by atoms with Crippen molar-refractivity contribution < 1.29 is 4.79 Å². The van der Waals surface area contributed by atoms with Crippen LogP contribution < -0.4 is 0 Å². The summed E-state index contributed by atoms with van der Waals surface area (Å²) in [7, 11) is 0. The average Bonchev–Trinajstić information content (AvgIpc) is 3.35. The lowest BCUT2D eigenvalue weighted by Gasteiger charge is -2.28. The van der Waals surface area contributed by atoms with Crippen molar-refractivity contribution >= 4 is 16.9 Å². The molecule has 6 heteroatoms. The summed E-state index contributed by atoms with van der Waals surface area (Å²) in [5.74, 6) is 0.0215. The van der Waals surface area contributed by atoms with Crippen LogP contribution in [0.2, 0.25) is 0 Å². The first-order chi connectivity index (χ1) is 12.8. The quantitative estimate of drug-likeness (QED) is 0.587. The third-order valence-corrected chi connectivity index (χ3v) is 5.01. The van der Waals surface area contributed by atoms with E-state index in [0.29, 0.717) is 12.1 Å². The van der Waals surface area contributed by atoms with Crippen LogP contribution >= 0.6 is 0 Å². The summed E-state index contributed by atoms with van der Waals surface area (Å²) in [4.78, 5) is 22.5. The molecular weight excluding hydrogens is 326 g/mol. The fourth-order valence-electron chi connectivity index (χ4n) is 3.61. The highest BCUT2D eigenvalue weighted by Gasteiger charge is 2.22. The fourth-order valence-corrected chi connectivity index (χ4v) is 3.61. The van der Waals surface area contributed by atoms with Crippen LogP contribution in [0.5, 0.6) is 0 Å². The molecule has 0 saturated carbocycles. The van der Waals surface area contributed by atoms with E-state index in [-0.39, 0.29) is 5.91 Å². The Kier molecular flexibility index (Phi) is 3.35. The summed E-state index contributed by atoms with van der Waals surface area (Å²) >= 11 is 0. The van der Waals surface area contributed by atoms with Gasteiger partial charge in [0.15, 0.2) is 0 Å². The molecule has 0 spiro atoms. The Morgan fingerprint density at radius 1 is 1.12 bits per heavy atom. The Bertz CT molecular complexity index is 1100. The maximum absolute atomic E-state index is 13.0. The number of benzene rings is 1. The fraction of sp³-hybridized carbons (Fsp3) is 0.150. The van der Waals surface area contributed by atoms with Crippen LogP contribution in [0.3, 0.4) is 0 Å². The molecule has 0 bridgehead atoms. The number of carbonyl (C=O) groups is 1. The van der Waals surface area contributed by atoms with E-state index < -0.39 is 0 Å².